The first-order valence-electron chi connectivity index (χ1n) is 6.48. The third-order valence-corrected chi connectivity index (χ3v) is 4.19. The van der Waals surface area contributed by atoms with Crippen LogP contribution in [0.5, 0.6) is 0 Å². The quantitative estimate of drug-likeness (QED) is 0.581. The van der Waals surface area contributed by atoms with E-state index in [1.165, 1.54) is 32.1 Å². The molecule has 0 heteroatoms. The average molecular weight is 204 g/mol. The largest absolute Gasteiger partial charge is 0.0877 e. The molecule has 0 N–H and O–H groups in total. The van der Waals surface area contributed by atoms with Crippen LogP contribution in [-0.2, 0) is 0 Å². The fourth-order valence-corrected chi connectivity index (χ4v) is 3.44. The SMILES string of the molecule is CC/C(C)=C/C(C)CC12C=CCC(C1)C2. The molecule has 0 amide bonds. The van der Waals surface area contributed by atoms with Crippen molar-refractivity contribution in [3.63, 3.8) is 0 Å². The maximum absolute atomic E-state index is 2.51. The summed E-state index contributed by atoms with van der Waals surface area (Å²) >= 11 is 0. The van der Waals surface area contributed by atoms with Crippen LogP contribution in [0.15, 0.2) is 23.8 Å². The third-order valence-electron chi connectivity index (χ3n) is 4.19. The Labute approximate surface area is 94.5 Å². The Kier molecular flexibility index (Phi) is 3.04. The molecule has 1 saturated carbocycles. The van der Waals surface area contributed by atoms with Crippen LogP contribution in [0.3, 0.4) is 0 Å². The molecule has 0 aromatic carbocycles. The van der Waals surface area contributed by atoms with Gasteiger partial charge in [0.25, 0.3) is 0 Å². The van der Waals surface area contributed by atoms with Crippen LogP contribution in [-0.4, -0.2) is 0 Å². The van der Waals surface area contributed by atoms with Crippen LogP contribution in [0.4, 0.5) is 0 Å². The van der Waals surface area contributed by atoms with Gasteiger partial charge in [0.15, 0.2) is 0 Å². The molecule has 0 saturated heterocycles. The van der Waals surface area contributed by atoms with Crippen molar-refractivity contribution in [2.24, 2.45) is 17.3 Å². The van der Waals surface area contributed by atoms with Crippen LogP contribution in [0.1, 0.15) is 52.9 Å². The van der Waals surface area contributed by atoms with E-state index in [1.807, 2.05) is 0 Å². The molecule has 3 rings (SSSR count). The number of hydrogen-bond acceptors (Lipinski definition) is 0. The second kappa shape index (κ2) is 4.15. The molecule has 0 aromatic heterocycles. The van der Waals surface area contributed by atoms with Gasteiger partial charge in [0.05, 0.1) is 0 Å². The minimum absolute atomic E-state index is 0.604. The van der Waals surface area contributed by atoms with Gasteiger partial charge >= 0.3 is 0 Å². The number of allylic oxidation sites excluding steroid dienone is 4. The highest BCUT2D eigenvalue weighted by Gasteiger charge is 2.44. The van der Waals surface area contributed by atoms with E-state index in [-0.39, 0.29) is 0 Å². The smallest absolute Gasteiger partial charge is 0.0107 e. The first-order valence-corrected chi connectivity index (χ1v) is 6.48. The normalized spacial score (nSPS) is 36.2. The zero-order valence-corrected chi connectivity index (χ0v) is 10.4. The van der Waals surface area contributed by atoms with Crippen molar-refractivity contribution in [2.75, 3.05) is 0 Å². The summed E-state index contributed by atoms with van der Waals surface area (Å²) in [6.07, 6.45) is 14.3. The molecule has 1 unspecified atom stereocenters. The number of rotatable bonds is 4. The fraction of sp³-hybridized carbons (Fsp3) is 0.733. The van der Waals surface area contributed by atoms with Gasteiger partial charge in [-0.1, -0.05) is 37.6 Å². The van der Waals surface area contributed by atoms with Gasteiger partial charge in [0, 0.05) is 0 Å². The molecule has 0 nitrogen and oxygen atoms in total. The molecule has 0 heterocycles. The zero-order chi connectivity index (χ0) is 10.9. The molecular formula is C15H24. The standard InChI is InChI=1S/C15H24/c1-4-12(2)8-13(3)9-15-7-5-6-14(10-15)11-15/h5,7-8,13-14H,4,6,9-11H2,1-3H3/b12-8+. The first-order chi connectivity index (χ1) is 7.13. The van der Waals surface area contributed by atoms with Crippen molar-refractivity contribution in [1.82, 2.24) is 0 Å². The van der Waals surface area contributed by atoms with Crippen molar-refractivity contribution in [2.45, 2.75) is 52.9 Å². The summed E-state index contributed by atoms with van der Waals surface area (Å²) in [6.45, 7) is 6.88. The molecule has 2 bridgehead atoms. The highest BCUT2D eigenvalue weighted by atomic mass is 14.5. The third kappa shape index (κ3) is 2.35. The van der Waals surface area contributed by atoms with Gasteiger partial charge in [-0.3, -0.25) is 0 Å². The second-order valence-corrected chi connectivity index (χ2v) is 5.82. The Morgan fingerprint density at radius 3 is 2.80 bits per heavy atom. The summed E-state index contributed by atoms with van der Waals surface area (Å²) in [5.74, 6) is 1.78. The summed E-state index contributed by atoms with van der Waals surface area (Å²) in [4.78, 5) is 0. The molecular weight excluding hydrogens is 180 g/mol. The minimum atomic E-state index is 0.604. The minimum Gasteiger partial charge on any atom is -0.0877 e. The van der Waals surface area contributed by atoms with Gasteiger partial charge in [0.2, 0.25) is 0 Å². The van der Waals surface area contributed by atoms with Gasteiger partial charge in [-0.05, 0) is 56.3 Å². The topological polar surface area (TPSA) is 0 Å². The van der Waals surface area contributed by atoms with Crippen LogP contribution in [0.25, 0.3) is 0 Å². The summed E-state index contributed by atoms with van der Waals surface area (Å²) in [6, 6.07) is 0. The average Bonchev–Trinajstić information content (AvgIpc) is 2.16. The Morgan fingerprint density at radius 1 is 1.53 bits per heavy atom. The molecule has 15 heavy (non-hydrogen) atoms. The lowest BCUT2D eigenvalue weighted by Gasteiger charge is -2.50. The maximum atomic E-state index is 2.51. The van der Waals surface area contributed by atoms with Crippen molar-refractivity contribution in [3.8, 4) is 0 Å². The molecule has 1 fully saturated rings. The first kappa shape index (κ1) is 11.0. The van der Waals surface area contributed by atoms with Gasteiger partial charge < -0.3 is 0 Å². The summed E-state index contributed by atoms with van der Waals surface area (Å²) in [5, 5.41) is 0. The van der Waals surface area contributed by atoms with Crippen LogP contribution < -0.4 is 0 Å². The molecule has 3 aliphatic carbocycles. The van der Waals surface area contributed by atoms with Crippen molar-refractivity contribution < 1.29 is 0 Å². The fourth-order valence-electron chi connectivity index (χ4n) is 3.44. The summed E-state index contributed by atoms with van der Waals surface area (Å²) < 4.78 is 0. The second-order valence-electron chi connectivity index (χ2n) is 5.82. The molecule has 0 aliphatic heterocycles. The van der Waals surface area contributed by atoms with E-state index in [2.05, 4.69) is 39.0 Å². The number of hydrogen-bond donors (Lipinski definition) is 0. The van der Waals surface area contributed by atoms with Crippen molar-refractivity contribution in [1.29, 1.82) is 0 Å². The van der Waals surface area contributed by atoms with E-state index in [9.17, 15) is 0 Å². The Morgan fingerprint density at radius 2 is 2.27 bits per heavy atom. The van der Waals surface area contributed by atoms with Crippen molar-refractivity contribution >= 4 is 0 Å². The summed E-state index contributed by atoms with van der Waals surface area (Å²) in [5.41, 5.74) is 2.15. The van der Waals surface area contributed by atoms with Crippen LogP contribution in [0.2, 0.25) is 0 Å². The van der Waals surface area contributed by atoms with Gasteiger partial charge in [-0.15, -0.1) is 0 Å². The molecule has 84 valence electrons. The van der Waals surface area contributed by atoms with Gasteiger partial charge in [-0.25, -0.2) is 0 Å². The number of fused-ring (bicyclic) bond motifs is 1. The Balaban J connectivity index is 1.92. The zero-order valence-electron chi connectivity index (χ0n) is 10.4. The lowest BCUT2D eigenvalue weighted by Crippen LogP contribution is -2.39. The van der Waals surface area contributed by atoms with Crippen molar-refractivity contribution in [3.05, 3.63) is 23.8 Å². The Hall–Kier alpha value is -0.520. The monoisotopic (exact) mass is 204 g/mol. The van der Waals surface area contributed by atoms with Crippen LogP contribution >= 0.6 is 0 Å². The van der Waals surface area contributed by atoms with E-state index >= 15 is 0 Å². The van der Waals surface area contributed by atoms with Crippen LogP contribution in [0, 0.1) is 17.3 Å². The lowest BCUT2D eigenvalue weighted by atomic mass is 9.55. The molecule has 0 aromatic rings. The predicted octanol–water partition coefficient (Wildman–Crippen LogP) is 4.73. The van der Waals surface area contributed by atoms with E-state index in [0.29, 0.717) is 5.41 Å². The van der Waals surface area contributed by atoms with E-state index in [0.717, 1.165) is 11.8 Å². The molecule has 0 spiro atoms. The van der Waals surface area contributed by atoms with Gasteiger partial charge in [-0.2, -0.15) is 0 Å². The highest BCUT2D eigenvalue weighted by Crippen LogP contribution is 2.55. The maximum Gasteiger partial charge on any atom is -0.0107 e. The molecule has 1 atom stereocenters. The predicted molar refractivity (Wildman–Crippen MR) is 66.7 cm³/mol. The van der Waals surface area contributed by atoms with Gasteiger partial charge in [0.1, 0.15) is 0 Å². The lowest BCUT2D eigenvalue weighted by molar-refractivity contribution is 0.0749. The molecule has 0 radical (unpaired) electrons. The Bertz CT molecular complexity index is 276. The van der Waals surface area contributed by atoms with E-state index in [4.69, 9.17) is 0 Å². The molecule has 3 aliphatic rings. The highest BCUT2D eigenvalue weighted by molar-refractivity contribution is 5.15. The summed E-state index contributed by atoms with van der Waals surface area (Å²) in [7, 11) is 0. The van der Waals surface area contributed by atoms with E-state index in [1.54, 1.807) is 5.57 Å². The van der Waals surface area contributed by atoms with E-state index < -0.39 is 0 Å².